The van der Waals surface area contributed by atoms with Crippen molar-refractivity contribution in [3.8, 4) is 0 Å². The number of carboxylic acid groups (broad SMARTS) is 1. The van der Waals surface area contributed by atoms with Gasteiger partial charge in [0.1, 0.15) is 11.3 Å². The predicted octanol–water partition coefficient (Wildman–Crippen LogP) is 4.04. The van der Waals surface area contributed by atoms with Crippen molar-refractivity contribution in [2.45, 2.75) is 46.0 Å². The van der Waals surface area contributed by atoms with E-state index in [1.54, 1.807) is 18.3 Å². The van der Waals surface area contributed by atoms with Gasteiger partial charge in [0.2, 0.25) is 0 Å². The van der Waals surface area contributed by atoms with E-state index < -0.39 is 11.9 Å². The summed E-state index contributed by atoms with van der Waals surface area (Å²) in [7, 11) is 0. The first-order valence-electron chi connectivity index (χ1n) is 7.79. The molecule has 0 saturated heterocycles. The highest BCUT2D eigenvalue weighted by Crippen LogP contribution is 2.37. The molecule has 0 fully saturated rings. The van der Waals surface area contributed by atoms with Crippen LogP contribution in [0.15, 0.2) is 10.5 Å². The third-order valence-corrected chi connectivity index (χ3v) is 5.56. The molecule has 0 aromatic carbocycles. The number of aromatic carboxylic acids is 1. The first kappa shape index (κ1) is 15.8. The molecular weight excluding hydrogens is 314 g/mol. The minimum absolute atomic E-state index is 0.0463. The van der Waals surface area contributed by atoms with Crippen LogP contribution in [-0.4, -0.2) is 17.0 Å². The summed E-state index contributed by atoms with van der Waals surface area (Å²) < 4.78 is 5.41. The average Bonchev–Trinajstić information content (AvgIpc) is 3.10. The minimum atomic E-state index is -1.08. The van der Waals surface area contributed by atoms with Gasteiger partial charge in [-0.05, 0) is 43.7 Å². The number of aryl methyl sites for hydroxylation is 2. The van der Waals surface area contributed by atoms with Gasteiger partial charge >= 0.3 is 5.97 Å². The van der Waals surface area contributed by atoms with E-state index in [2.05, 4.69) is 5.32 Å². The van der Waals surface area contributed by atoms with Crippen LogP contribution in [0, 0.1) is 6.92 Å². The maximum atomic E-state index is 12.4. The van der Waals surface area contributed by atoms with E-state index in [-0.39, 0.29) is 11.3 Å². The number of carbonyl (C=O) groups is 2. The first-order valence-corrected chi connectivity index (χ1v) is 8.61. The summed E-state index contributed by atoms with van der Waals surface area (Å²) in [4.78, 5) is 24.9. The quantitative estimate of drug-likeness (QED) is 0.885. The molecule has 122 valence electrons. The van der Waals surface area contributed by atoms with Crippen LogP contribution in [0.1, 0.15) is 62.4 Å². The standard InChI is InChI=1S/C17H19NO4S/c1-3-12-11(17(20)21)8-13(22-12)15(19)18-16-9(2)10-6-4-5-7-14(10)23-16/h8H,3-7H2,1-2H3,(H,18,19)(H,20,21). The van der Waals surface area contributed by atoms with Crippen LogP contribution >= 0.6 is 11.3 Å². The molecule has 2 aromatic rings. The predicted molar refractivity (Wildman–Crippen MR) is 88.7 cm³/mol. The van der Waals surface area contributed by atoms with Gasteiger partial charge in [-0.15, -0.1) is 11.3 Å². The second kappa shape index (κ2) is 6.20. The molecule has 2 N–H and O–H groups in total. The zero-order valence-corrected chi connectivity index (χ0v) is 14.0. The number of thiophene rings is 1. The number of carboxylic acids is 1. The van der Waals surface area contributed by atoms with E-state index in [9.17, 15) is 9.59 Å². The highest BCUT2D eigenvalue weighted by Gasteiger charge is 2.23. The highest BCUT2D eigenvalue weighted by molar-refractivity contribution is 7.16. The lowest BCUT2D eigenvalue weighted by molar-refractivity contribution is 0.0694. The largest absolute Gasteiger partial charge is 0.478 e. The summed E-state index contributed by atoms with van der Waals surface area (Å²) in [5, 5.41) is 12.9. The fourth-order valence-electron chi connectivity index (χ4n) is 2.99. The molecule has 0 spiro atoms. The van der Waals surface area contributed by atoms with Crippen molar-refractivity contribution >= 4 is 28.2 Å². The van der Waals surface area contributed by atoms with Crippen LogP contribution in [0.3, 0.4) is 0 Å². The van der Waals surface area contributed by atoms with Crippen molar-refractivity contribution in [2.75, 3.05) is 5.32 Å². The Bertz CT molecular complexity index is 772. The Hall–Kier alpha value is -2.08. The monoisotopic (exact) mass is 333 g/mol. The van der Waals surface area contributed by atoms with E-state index in [0.29, 0.717) is 12.2 Å². The van der Waals surface area contributed by atoms with E-state index >= 15 is 0 Å². The Morgan fingerprint density at radius 3 is 2.70 bits per heavy atom. The zero-order valence-electron chi connectivity index (χ0n) is 13.2. The van der Waals surface area contributed by atoms with Crippen LogP contribution in [0.2, 0.25) is 0 Å². The van der Waals surface area contributed by atoms with Gasteiger partial charge in [0.25, 0.3) is 5.91 Å². The Morgan fingerprint density at radius 2 is 2.09 bits per heavy atom. The summed E-state index contributed by atoms with van der Waals surface area (Å²) in [6.45, 7) is 3.82. The molecule has 0 unspecified atom stereocenters. The number of nitrogens with one attached hydrogen (secondary N) is 1. The Kier molecular flexibility index (Phi) is 4.26. The normalized spacial score (nSPS) is 13.7. The van der Waals surface area contributed by atoms with Gasteiger partial charge in [0, 0.05) is 17.4 Å². The highest BCUT2D eigenvalue weighted by atomic mass is 32.1. The fraction of sp³-hybridized carbons (Fsp3) is 0.412. The maximum absolute atomic E-state index is 12.4. The number of hydrogen-bond acceptors (Lipinski definition) is 4. The lowest BCUT2D eigenvalue weighted by atomic mass is 9.96. The van der Waals surface area contributed by atoms with Crippen molar-refractivity contribution in [2.24, 2.45) is 0 Å². The molecule has 0 atom stereocenters. The van der Waals surface area contributed by atoms with Gasteiger partial charge in [-0.2, -0.15) is 0 Å². The smallest absolute Gasteiger partial charge is 0.339 e. The fourth-order valence-corrected chi connectivity index (χ4v) is 4.28. The van der Waals surface area contributed by atoms with Crippen molar-refractivity contribution in [3.63, 3.8) is 0 Å². The number of amides is 1. The second-order valence-electron chi connectivity index (χ2n) is 5.73. The van der Waals surface area contributed by atoms with Crippen LogP contribution in [0.25, 0.3) is 0 Å². The lowest BCUT2D eigenvalue weighted by Gasteiger charge is -2.10. The molecule has 1 amide bonds. The molecule has 5 nitrogen and oxygen atoms in total. The Labute approximate surface area is 138 Å². The van der Waals surface area contributed by atoms with Crippen molar-refractivity contribution in [1.29, 1.82) is 0 Å². The molecule has 0 saturated carbocycles. The molecule has 2 aromatic heterocycles. The van der Waals surface area contributed by atoms with Gasteiger partial charge in [0.05, 0.1) is 5.00 Å². The summed E-state index contributed by atoms with van der Waals surface area (Å²) in [6, 6.07) is 1.30. The Balaban J connectivity index is 1.85. The van der Waals surface area contributed by atoms with E-state index in [0.717, 1.165) is 23.4 Å². The summed E-state index contributed by atoms with van der Waals surface area (Å²) in [6.07, 6.45) is 4.96. The van der Waals surface area contributed by atoms with Crippen LogP contribution in [0.5, 0.6) is 0 Å². The van der Waals surface area contributed by atoms with Crippen LogP contribution in [0.4, 0.5) is 5.00 Å². The van der Waals surface area contributed by atoms with Gasteiger partial charge in [-0.3, -0.25) is 4.79 Å². The molecule has 23 heavy (non-hydrogen) atoms. The van der Waals surface area contributed by atoms with Crippen molar-refractivity contribution in [3.05, 3.63) is 39.2 Å². The minimum Gasteiger partial charge on any atom is -0.478 e. The third kappa shape index (κ3) is 2.91. The molecule has 1 aliphatic rings. The molecule has 3 rings (SSSR count). The number of furan rings is 1. The number of hydrogen-bond donors (Lipinski definition) is 2. The van der Waals surface area contributed by atoms with E-state index in [4.69, 9.17) is 9.52 Å². The van der Waals surface area contributed by atoms with Crippen LogP contribution in [-0.2, 0) is 19.3 Å². The number of carbonyl (C=O) groups excluding carboxylic acids is 1. The molecule has 2 heterocycles. The molecule has 0 radical (unpaired) electrons. The molecule has 1 aliphatic carbocycles. The van der Waals surface area contributed by atoms with Gasteiger partial charge in [-0.25, -0.2) is 4.79 Å². The van der Waals surface area contributed by atoms with E-state index in [1.165, 1.54) is 29.3 Å². The van der Waals surface area contributed by atoms with Gasteiger partial charge in [0.15, 0.2) is 5.76 Å². The van der Waals surface area contributed by atoms with Gasteiger partial charge < -0.3 is 14.8 Å². The SMILES string of the molecule is CCc1oc(C(=O)Nc2sc3c(c2C)CCCC3)cc1C(=O)O. The second-order valence-corrected chi connectivity index (χ2v) is 6.83. The summed E-state index contributed by atoms with van der Waals surface area (Å²) in [5.41, 5.74) is 2.54. The van der Waals surface area contributed by atoms with Gasteiger partial charge in [-0.1, -0.05) is 6.92 Å². The molecule has 0 bridgehead atoms. The lowest BCUT2D eigenvalue weighted by Crippen LogP contribution is -2.10. The third-order valence-electron chi connectivity index (χ3n) is 4.25. The van der Waals surface area contributed by atoms with Crippen molar-refractivity contribution < 1.29 is 19.1 Å². The number of anilines is 1. The first-order chi connectivity index (χ1) is 11.0. The van der Waals surface area contributed by atoms with Crippen molar-refractivity contribution in [1.82, 2.24) is 0 Å². The Morgan fingerprint density at radius 1 is 1.35 bits per heavy atom. The zero-order chi connectivity index (χ0) is 16.6. The van der Waals surface area contributed by atoms with E-state index in [1.807, 2.05) is 6.92 Å². The van der Waals surface area contributed by atoms with Crippen LogP contribution < -0.4 is 5.32 Å². The molecule has 0 aliphatic heterocycles. The summed E-state index contributed by atoms with van der Waals surface area (Å²) in [5.74, 6) is -1.10. The molecule has 6 heteroatoms. The summed E-state index contributed by atoms with van der Waals surface area (Å²) >= 11 is 1.62. The maximum Gasteiger partial charge on any atom is 0.339 e. The topological polar surface area (TPSA) is 79.5 Å². The number of fused-ring (bicyclic) bond motifs is 1. The molecular formula is C17H19NO4S. The average molecular weight is 333 g/mol. The number of rotatable bonds is 4.